The molecule has 1 aliphatic carbocycles. The number of thiocarbonyl (C=S) groups is 1. The van der Waals surface area contributed by atoms with Crippen molar-refractivity contribution in [1.82, 2.24) is 4.90 Å². The lowest BCUT2D eigenvalue weighted by atomic mass is 9.94. The third-order valence-electron chi connectivity index (χ3n) is 5.42. The third-order valence-corrected chi connectivity index (χ3v) is 7.83. The van der Waals surface area contributed by atoms with Gasteiger partial charge in [0.25, 0.3) is 5.91 Å². The Kier molecular flexibility index (Phi) is 7.65. The fourth-order valence-corrected chi connectivity index (χ4v) is 6.07. The van der Waals surface area contributed by atoms with E-state index in [1.165, 1.54) is 18.2 Å². The molecule has 0 unspecified atom stereocenters. The molecule has 1 aliphatic heterocycles. The van der Waals surface area contributed by atoms with Gasteiger partial charge in [0.05, 0.1) is 4.91 Å². The van der Waals surface area contributed by atoms with Crippen LogP contribution < -0.4 is 4.74 Å². The number of amides is 1. The highest BCUT2D eigenvalue weighted by Gasteiger charge is 2.37. The lowest BCUT2D eigenvalue weighted by Gasteiger charge is -2.29. The molecule has 4 rings (SSSR count). The zero-order valence-electron chi connectivity index (χ0n) is 16.6. The molecule has 0 atom stereocenters. The Morgan fingerprint density at radius 2 is 1.94 bits per heavy atom. The van der Waals surface area contributed by atoms with E-state index in [4.69, 9.17) is 40.2 Å². The summed E-state index contributed by atoms with van der Waals surface area (Å²) in [5, 5.41) is 1.14. The molecule has 2 aromatic rings. The number of halogens is 3. The normalized spacial score (nSPS) is 18.8. The summed E-state index contributed by atoms with van der Waals surface area (Å²) in [4.78, 5) is 15.6. The molecule has 162 valence electrons. The Bertz CT molecular complexity index is 1050. The van der Waals surface area contributed by atoms with Gasteiger partial charge in [-0.05, 0) is 49.2 Å². The van der Waals surface area contributed by atoms with Crippen LogP contribution in [0.15, 0.2) is 45.8 Å². The number of hydrogen-bond donors (Lipinski definition) is 0. The molecule has 0 N–H and O–H groups in total. The van der Waals surface area contributed by atoms with Crippen molar-refractivity contribution in [1.29, 1.82) is 0 Å². The van der Waals surface area contributed by atoms with E-state index in [0.717, 1.165) is 41.3 Å². The number of benzene rings is 2. The van der Waals surface area contributed by atoms with Crippen LogP contribution >= 0.6 is 63.1 Å². The summed E-state index contributed by atoms with van der Waals surface area (Å²) >= 11 is 22.7. The van der Waals surface area contributed by atoms with Gasteiger partial charge in [-0.2, -0.15) is 0 Å². The minimum atomic E-state index is -0.00595. The van der Waals surface area contributed by atoms with Crippen molar-refractivity contribution in [2.75, 3.05) is 0 Å². The van der Waals surface area contributed by atoms with E-state index in [0.29, 0.717) is 31.6 Å². The van der Waals surface area contributed by atoms with E-state index in [-0.39, 0.29) is 11.9 Å². The number of ether oxygens (including phenoxy) is 1. The van der Waals surface area contributed by atoms with Gasteiger partial charge < -0.3 is 4.74 Å². The van der Waals surface area contributed by atoms with Gasteiger partial charge in [0, 0.05) is 31.7 Å². The number of carbonyl (C=O) groups excluding carboxylic acids is 1. The monoisotopic (exact) mass is 555 g/mol. The Morgan fingerprint density at radius 3 is 2.68 bits per heavy atom. The van der Waals surface area contributed by atoms with Crippen molar-refractivity contribution in [2.45, 2.75) is 44.8 Å². The van der Waals surface area contributed by atoms with Crippen LogP contribution in [0.5, 0.6) is 5.75 Å². The van der Waals surface area contributed by atoms with E-state index in [9.17, 15) is 4.79 Å². The second-order valence-electron chi connectivity index (χ2n) is 7.55. The Balaban J connectivity index is 1.56. The molecule has 1 amide bonds. The molecule has 1 saturated carbocycles. The van der Waals surface area contributed by atoms with Gasteiger partial charge >= 0.3 is 0 Å². The molecule has 2 fully saturated rings. The first-order chi connectivity index (χ1) is 14.9. The highest BCUT2D eigenvalue weighted by Crippen LogP contribution is 2.39. The van der Waals surface area contributed by atoms with Crippen LogP contribution in [0, 0.1) is 0 Å². The molecule has 3 nitrogen and oxygen atoms in total. The van der Waals surface area contributed by atoms with E-state index in [1.54, 1.807) is 12.1 Å². The first-order valence-electron chi connectivity index (χ1n) is 10.1. The van der Waals surface area contributed by atoms with Crippen LogP contribution in [0.1, 0.15) is 43.2 Å². The van der Waals surface area contributed by atoms with Gasteiger partial charge in [-0.1, -0.05) is 88.4 Å². The van der Waals surface area contributed by atoms with E-state index in [1.807, 2.05) is 35.2 Å². The fraction of sp³-hybridized carbons (Fsp3) is 0.304. The summed E-state index contributed by atoms with van der Waals surface area (Å²) < 4.78 is 7.60. The quantitative estimate of drug-likeness (QED) is 0.277. The minimum absolute atomic E-state index is 0.00595. The van der Waals surface area contributed by atoms with Gasteiger partial charge in [-0.3, -0.25) is 9.69 Å². The van der Waals surface area contributed by atoms with Crippen molar-refractivity contribution < 1.29 is 9.53 Å². The number of hydrogen-bond acceptors (Lipinski definition) is 4. The molecular weight excluding hydrogens is 537 g/mol. The Labute approximate surface area is 210 Å². The molecule has 0 radical (unpaired) electrons. The van der Waals surface area contributed by atoms with Crippen LogP contribution in [-0.2, 0) is 11.4 Å². The topological polar surface area (TPSA) is 29.5 Å². The summed E-state index contributed by atoms with van der Waals surface area (Å²) in [6, 6.07) is 11.3. The van der Waals surface area contributed by atoms with E-state index < -0.39 is 0 Å². The lowest BCUT2D eigenvalue weighted by Crippen LogP contribution is -2.39. The summed E-state index contributed by atoms with van der Waals surface area (Å²) in [5.41, 5.74) is 1.65. The maximum absolute atomic E-state index is 13.1. The summed E-state index contributed by atoms with van der Waals surface area (Å²) in [7, 11) is 0. The number of nitrogens with zero attached hydrogens (tertiary/aromatic N) is 1. The Hall–Kier alpha value is -1.05. The molecule has 2 aromatic carbocycles. The van der Waals surface area contributed by atoms with Gasteiger partial charge in [-0.25, -0.2) is 0 Å². The van der Waals surface area contributed by atoms with E-state index in [2.05, 4.69) is 15.9 Å². The van der Waals surface area contributed by atoms with Crippen molar-refractivity contribution in [3.8, 4) is 5.75 Å². The zero-order chi connectivity index (χ0) is 22.0. The van der Waals surface area contributed by atoms with Crippen molar-refractivity contribution >= 4 is 79.4 Å². The maximum atomic E-state index is 13.1. The molecule has 8 heteroatoms. The lowest BCUT2D eigenvalue weighted by molar-refractivity contribution is -0.124. The number of thioether (sulfide) groups is 1. The van der Waals surface area contributed by atoms with Gasteiger partial charge in [0.15, 0.2) is 0 Å². The highest BCUT2D eigenvalue weighted by molar-refractivity contribution is 9.10. The second kappa shape index (κ2) is 10.3. The SMILES string of the molecule is O=C1C(=Cc2cc(Br)ccc2OCc2ccc(Cl)cc2Cl)SC(=S)N1C1CCCCC1. The van der Waals surface area contributed by atoms with Crippen LogP contribution in [0.3, 0.4) is 0 Å². The smallest absolute Gasteiger partial charge is 0.266 e. The Morgan fingerprint density at radius 1 is 1.16 bits per heavy atom. The number of carbonyl (C=O) groups is 1. The molecule has 1 heterocycles. The van der Waals surface area contributed by atoms with Crippen molar-refractivity contribution in [2.24, 2.45) is 0 Å². The minimum Gasteiger partial charge on any atom is -0.488 e. The van der Waals surface area contributed by atoms with Gasteiger partial charge in [-0.15, -0.1) is 0 Å². The summed E-state index contributed by atoms with van der Waals surface area (Å²) in [6.07, 6.45) is 7.44. The predicted molar refractivity (Wildman–Crippen MR) is 137 cm³/mol. The first kappa shape index (κ1) is 23.1. The first-order valence-corrected chi connectivity index (χ1v) is 12.8. The van der Waals surface area contributed by atoms with Crippen LogP contribution in [0.2, 0.25) is 10.0 Å². The standard InChI is InChI=1S/C23H20BrCl2NO2S2/c24-16-7-9-20(29-13-14-6-8-17(25)12-19(14)26)15(10-16)11-21-22(28)27(23(30)31-21)18-4-2-1-3-5-18/h6-12,18H,1-5,13H2. The molecule has 0 spiro atoms. The second-order valence-corrected chi connectivity index (χ2v) is 11.0. The third kappa shape index (κ3) is 5.48. The molecule has 0 bridgehead atoms. The average Bonchev–Trinajstić information content (AvgIpc) is 3.02. The number of rotatable bonds is 5. The molecule has 31 heavy (non-hydrogen) atoms. The van der Waals surface area contributed by atoms with Crippen LogP contribution in [-0.4, -0.2) is 21.2 Å². The highest BCUT2D eigenvalue weighted by atomic mass is 79.9. The molecule has 0 aromatic heterocycles. The predicted octanol–water partition coefficient (Wildman–Crippen LogP) is 7.87. The van der Waals surface area contributed by atoms with Gasteiger partial charge in [0.2, 0.25) is 0 Å². The van der Waals surface area contributed by atoms with Gasteiger partial charge in [0.1, 0.15) is 16.7 Å². The van der Waals surface area contributed by atoms with E-state index >= 15 is 0 Å². The molecule has 1 saturated heterocycles. The largest absolute Gasteiger partial charge is 0.488 e. The maximum Gasteiger partial charge on any atom is 0.266 e. The summed E-state index contributed by atoms with van der Waals surface area (Å²) in [5.74, 6) is 0.658. The summed E-state index contributed by atoms with van der Waals surface area (Å²) in [6.45, 7) is 0.293. The average molecular weight is 557 g/mol. The van der Waals surface area contributed by atoms with Crippen LogP contribution in [0.25, 0.3) is 6.08 Å². The van der Waals surface area contributed by atoms with Crippen molar-refractivity contribution in [3.05, 3.63) is 66.9 Å². The van der Waals surface area contributed by atoms with Crippen molar-refractivity contribution in [3.63, 3.8) is 0 Å². The van der Waals surface area contributed by atoms with Crippen LogP contribution in [0.4, 0.5) is 0 Å². The fourth-order valence-electron chi connectivity index (χ4n) is 3.83. The molecular formula is C23H20BrCl2NO2S2. The zero-order valence-corrected chi connectivity index (χ0v) is 21.3. The molecule has 2 aliphatic rings.